The van der Waals surface area contributed by atoms with Crippen LogP contribution in [0.15, 0.2) is 53.4 Å². The van der Waals surface area contributed by atoms with Gasteiger partial charge in [0.1, 0.15) is 5.82 Å². The van der Waals surface area contributed by atoms with Gasteiger partial charge in [-0.25, -0.2) is 17.9 Å². The Bertz CT molecular complexity index is 780. The van der Waals surface area contributed by atoms with Crippen molar-refractivity contribution in [3.8, 4) is 0 Å². The minimum Gasteiger partial charge on any atom is -0.358 e. The van der Waals surface area contributed by atoms with E-state index in [1.54, 1.807) is 0 Å². The predicted molar refractivity (Wildman–Crippen MR) is 87.3 cm³/mol. The molecule has 116 valence electrons. The van der Waals surface area contributed by atoms with Crippen molar-refractivity contribution in [2.45, 2.75) is 11.4 Å². The molecule has 0 fully saturated rings. The molecule has 2 aromatic rings. The Labute approximate surface area is 133 Å². The zero-order chi connectivity index (χ0) is 16.2. The van der Waals surface area contributed by atoms with Crippen molar-refractivity contribution in [1.29, 1.82) is 0 Å². The van der Waals surface area contributed by atoms with Gasteiger partial charge in [-0.2, -0.15) is 0 Å². The molecule has 0 aliphatic heterocycles. The number of anilines is 1. The maximum atomic E-state index is 13.4. The first kappa shape index (κ1) is 16.3. The fourth-order valence-corrected chi connectivity index (χ4v) is 2.51. The van der Waals surface area contributed by atoms with E-state index in [1.807, 2.05) is 30.3 Å². The molecule has 0 atom stereocenters. The number of sulfonamides is 1. The largest absolute Gasteiger partial charge is 0.358 e. The summed E-state index contributed by atoms with van der Waals surface area (Å²) in [5.74, 6) is -0.722. The van der Waals surface area contributed by atoms with Crippen LogP contribution in [-0.4, -0.2) is 13.5 Å². The predicted octanol–water partition coefficient (Wildman–Crippen LogP) is 1.96. The van der Waals surface area contributed by atoms with Crippen molar-refractivity contribution < 1.29 is 12.8 Å². The molecule has 0 aromatic heterocycles. The van der Waals surface area contributed by atoms with Crippen molar-refractivity contribution >= 4 is 33.0 Å². The molecule has 0 aliphatic carbocycles. The van der Waals surface area contributed by atoms with Crippen molar-refractivity contribution in [3.63, 3.8) is 0 Å². The average Bonchev–Trinajstić information content (AvgIpc) is 2.45. The van der Waals surface area contributed by atoms with Crippen LogP contribution in [0.25, 0.3) is 0 Å². The fourth-order valence-electron chi connectivity index (χ4n) is 1.75. The lowest BCUT2D eigenvalue weighted by atomic mass is 10.2. The number of nitrogens with two attached hydrogens (primary N) is 1. The van der Waals surface area contributed by atoms with Gasteiger partial charge in [0.05, 0.1) is 4.90 Å². The summed E-state index contributed by atoms with van der Waals surface area (Å²) in [7, 11) is -3.98. The topological polar surface area (TPSA) is 84.2 Å². The van der Waals surface area contributed by atoms with Crippen molar-refractivity contribution in [2.24, 2.45) is 5.14 Å². The van der Waals surface area contributed by atoms with Crippen molar-refractivity contribution in [1.82, 2.24) is 5.32 Å². The highest BCUT2D eigenvalue weighted by Gasteiger charge is 2.11. The number of rotatable bonds is 4. The molecule has 0 radical (unpaired) electrons. The molecule has 0 spiro atoms. The number of hydrogen-bond donors (Lipinski definition) is 3. The Hall–Kier alpha value is -2.03. The molecule has 0 bridgehead atoms. The van der Waals surface area contributed by atoms with Crippen LogP contribution >= 0.6 is 12.2 Å². The summed E-state index contributed by atoms with van der Waals surface area (Å²) in [6.45, 7) is 0.490. The molecule has 0 saturated heterocycles. The molecule has 0 heterocycles. The number of thiocarbonyl (C=S) groups is 1. The second kappa shape index (κ2) is 6.82. The Morgan fingerprint density at radius 1 is 1.18 bits per heavy atom. The Kier molecular flexibility index (Phi) is 5.07. The first-order chi connectivity index (χ1) is 10.3. The second-order valence-corrected chi connectivity index (χ2v) is 6.48. The first-order valence-corrected chi connectivity index (χ1v) is 8.22. The van der Waals surface area contributed by atoms with Crippen LogP contribution in [0.1, 0.15) is 5.56 Å². The Morgan fingerprint density at radius 3 is 2.50 bits per heavy atom. The van der Waals surface area contributed by atoms with E-state index in [0.29, 0.717) is 6.54 Å². The first-order valence-electron chi connectivity index (χ1n) is 6.27. The molecular formula is C14H14FN3O2S2. The smallest absolute Gasteiger partial charge is 0.238 e. The summed E-state index contributed by atoms with van der Waals surface area (Å²) in [5.41, 5.74) is 1.23. The zero-order valence-corrected chi connectivity index (χ0v) is 13.0. The molecule has 8 heteroatoms. The van der Waals surface area contributed by atoms with Gasteiger partial charge in [0, 0.05) is 12.2 Å². The van der Waals surface area contributed by atoms with Crippen LogP contribution in [0.4, 0.5) is 10.1 Å². The Morgan fingerprint density at radius 2 is 1.86 bits per heavy atom. The minimum atomic E-state index is -3.98. The number of nitrogens with one attached hydrogen (secondary N) is 2. The fraction of sp³-hybridized carbons (Fsp3) is 0.0714. The summed E-state index contributed by atoms with van der Waals surface area (Å²) in [4.78, 5) is -0.319. The molecule has 22 heavy (non-hydrogen) atoms. The van der Waals surface area contributed by atoms with Gasteiger partial charge >= 0.3 is 0 Å². The van der Waals surface area contributed by atoms with Crippen LogP contribution in [0.3, 0.4) is 0 Å². The van der Waals surface area contributed by atoms with E-state index in [4.69, 9.17) is 17.4 Å². The highest BCUT2D eigenvalue weighted by atomic mass is 32.2. The van der Waals surface area contributed by atoms with Gasteiger partial charge in [0.15, 0.2) is 5.11 Å². The molecule has 0 unspecified atom stereocenters. The van der Waals surface area contributed by atoms with E-state index in [-0.39, 0.29) is 15.7 Å². The van der Waals surface area contributed by atoms with Gasteiger partial charge in [-0.05, 0) is 36.0 Å². The van der Waals surface area contributed by atoms with Gasteiger partial charge in [-0.15, -0.1) is 0 Å². The number of primary sulfonamides is 1. The highest BCUT2D eigenvalue weighted by Crippen LogP contribution is 2.17. The molecule has 2 rings (SSSR count). The molecular weight excluding hydrogens is 325 g/mol. The summed E-state index contributed by atoms with van der Waals surface area (Å²) >= 11 is 5.09. The van der Waals surface area contributed by atoms with Gasteiger partial charge < -0.3 is 10.6 Å². The highest BCUT2D eigenvalue weighted by molar-refractivity contribution is 7.89. The van der Waals surface area contributed by atoms with Gasteiger partial charge in [0.25, 0.3) is 0 Å². The summed E-state index contributed by atoms with van der Waals surface area (Å²) in [5, 5.41) is 10.9. The average molecular weight is 339 g/mol. The van der Waals surface area contributed by atoms with Gasteiger partial charge in [0.2, 0.25) is 10.0 Å². The van der Waals surface area contributed by atoms with Crippen LogP contribution in [0.2, 0.25) is 0 Å². The van der Waals surface area contributed by atoms with Crippen LogP contribution < -0.4 is 15.8 Å². The molecule has 0 amide bonds. The van der Waals surface area contributed by atoms with Gasteiger partial charge in [-0.1, -0.05) is 30.3 Å². The van der Waals surface area contributed by atoms with E-state index in [1.165, 1.54) is 6.07 Å². The maximum absolute atomic E-state index is 13.4. The summed E-state index contributed by atoms with van der Waals surface area (Å²) in [6, 6.07) is 12.8. The Balaban J connectivity index is 2.04. The quantitative estimate of drug-likeness (QED) is 0.742. The molecule has 0 aliphatic rings. The van der Waals surface area contributed by atoms with E-state index in [2.05, 4.69) is 10.6 Å². The summed E-state index contributed by atoms with van der Waals surface area (Å²) in [6.07, 6.45) is 0. The monoisotopic (exact) mass is 339 g/mol. The number of hydrogen-bond acceptors (Lipinski definition) is 3. The van der Waals surface area contributed by atoms with Crippen molar-refractivity contribution in [2.75, 3.05) is 5.32 Å². The normalized spacial score (nSPS) is 11.0. The third-order valence-electron chi connectivity index (χ3n) is 2.75. The third-order valence-corrected chi connectivity index (χ3v) is 3.89. The van der Waals surface area contributed by atoms with E-state index in [0.717, 1.165) is 17.7 Å². The lowest BCUT2D eigenvalue weighted by Crippen LogP contribution is -2.28. The minimum absolute atomic E-state index is 0.203. The van der Waals surface area contributed by atoms with E-state index >= 15 is 0 Å². The number of benzene rings is 2. The SMILES string of the molecule is NS(=O)(=O)c1cc(F)cc(NC(=S)NCc2ccccc2)c1. The third kappa shape index (κ3) is 4.76. The van der Waals surface area contributed by atoms with Crippen molar-refractivity contribution in [3.05, 3.63) is 59.9 Å². The van der Waals surface area contributed by atoms with Crippen LogP contribution in [-0.2, 0) is 16.6 Å². The van der Waals surface area contributed by atoms with Crippen LogP contribution in [0.5, 0.6) is 0 Å². The van der Waals surface area contributed by atoms with Crippen LogP contribution in [0, 0.1) is 5.82 Å². The lowest BCUT2D eigenvalue weighted by Gasteiger charge is -2.11. The summed E-state index contributed by atoms with van der Waals surface area (Å²) < 4.78 is 36.0. The molecule has 5 nitrogen and oxygen atoms in total. The van der Waals surface area contributed by atoms with E-state index < -0.39 is 15.8 Å². The second-order valence-electron chi connectivity index (χ2n) is 4.51. The molecule has 2 aromatic carbocycles. The standard InChI is InChI=1S/C14H14FN3O2S2/c15-11-6-12(8-13(7-11)22(16,19)20)18-14(21)17-9-10-4-2-1-3-5-10/h1-8H,9H2,(H2,16,19,20)(H2,17,18,21). The van der Waals surface area contributed by atoms with Gasteiger partial charge in [-0.3, -0.25) is 0 Å². The lowest BCUT2D eigenvalue weighted by molar-refractivity contribution is 0.592. The molecule has 0 saturated carbocycles. The number of halogens is 1. The van der Waals surface area contributed by atoms with E-state index in [9.17, 15) is 12.8 Å². The maximum Gasteiger partial charge on any atom is 0.238 e. The zero-order valence-electron chi connectivity index (χ0n) is 11.4. The molecule has 4 N–H and O–H groups in total.